The van der Waals surface area contributed by atoms with Gasteiger partial charge in [0.1, 0.15) is 22.3 Å². The number of aromatic nitrogens is 2. The fourth-order valence-electron chi connectivity index (χ4n) is 7.75. The Morgan fingerprint density at radius 1 is 0.326 bits per heavy atom. The highest BCUT2D eigenvalue weighted by Crippen LogP contribution is 2.43. The molecular weight excluding hydrogens is 564 g/mol. The minimum atomic E-state index is 0.888. The van der Waals surface area contributed by atoms with Crippen molar-refractivity contribution in [2.24, 2.45) is 0 Å². The fraction of sp³-hybridized carbons (Fsp3) is 0. The van der Waals surface area contributed by atoms with Crippen LogP contribution in [0, 0.1) is 0 Å². The lowest BCUT2D eigenvalue weighted by molar-refractivity contribution is 0.669. The summed E-state index contributed by atoms with van der Waals surface area (Å²) in [7, 11) is 0. The number of benzene rings is 7. The lowest BCUT2D eigenvalue weighted by Crippen LogP contribution is -1.95. The molecule has 0 saturated carbocycles. The van der Waals surface area contributed by atoms with E-state index in [0.29, 0.717) is 0 Å². The van der Waals surface area contributed by atoms with Crippen molar-refractivity contribution in [1.82, 2.24) is 9.13 Å². The van der Waals surface area contributed by atoms with Crippen molar-refractivity contribution in [2.75, 3.05) is 0 Å². The summed E-state index contributed by atoms with van der Waals surface area (Å²) in [6, 6.07) is 51.7. The van der Waals surface area contributed by atoms with Gasteiger partial charge in [-0.05, 0) is 72.8 Å². The van der Waals surface area contributed by atoms with Crippen LogP contribution in [0.2, 0.25) is 0 Å². The lowest BCUT2D eigenvalue weighted by atomic mass is 10.1. The van der Waals surface area contributed by atoms with Crippen LogP contribution in [0.15, 0.2) is 154 Å². The van der Waals surface area contributed by atoms with E-state index in [9.17, 15) is 0 Å². The largest absolute Gasteiger partial charge is 0.456 e. The van der Waals surface area contributed by atoms with Gasteiger partial charge < -0.3 is 18.0 Å². The predicted octanol–water partition coefficient (Wildman–Crippen LogP) is 11.7. The summed E-state index contributed by atoms with van der Waals surface area (Å²) in [5.74, 6) is 0. The van der Waals surface area contributed by atoms with Gasteiger partial charge in [-0.2, -0.15) is 0 Å². The standard InChI is InChI=1S/C42H24N2O2/c1-5-13-34-27(9-1)28-10-2-6-14-35(28)43(34)25-17-20-36-33(24-25)41-37(21-19-31-29-11-3-8-16-39(29)46-42(31)41)44(36)26-18-22-40-32(23-26)30-12-4-7-15-38(30)45-40/h1-24H. The van der Waals surface area contributed by atoms with Gasteiger partial charge in [-0.3, -0.25) is 0 Å². The number of hydrogen-bond donors (Lipinski definition) is 0. The number of fused-ring (bicyclic) bond motifs is 13. The zero-order chi connectivity index (χ0) is 29.9. The molecule has 11 aromatic rings. The Bertz CT molecular complexity index is 2990. The maximum absolute atomic E-state index is 6.67. The molecule has 0 saturated heterocycles. The van der Waals surface area contributed by atoms with Crippen molar-refractivity contribution in [1.29, 1.82) is 0 Å². The minimum Gasteiger partial charge on any atom is -0.456 e. The topological polar surface area (TPSA) is 36.1 Å². The molecule has 0 fully saturated rings. The van der Waals surface area contributed by atoms with Crippen LogP contribution >= 0.6 is 0 Å². The molecule has 4 heterocycles. The summed E-state index contributed by atoms with van der Waals surface area (Å²) < 4.78 is 17.6. The molecule has 4 aromatic heterocycles. The van der Waals surface area contributed by atoms with Gasteiger partial charge in [-0.15, -0.1) is 0 Å². The average Bonchev–Trinajstić information content (AvgIpc) is 3.85. The molecule has 0 aliphatic rings. The molecule has 0 N–H and O–H groups in total. The predicted molar refractivity (Wildman–Crippen MR) is 190 cm³/mol. The molecule has 46 heavy (non-hydrogen) atoms. The number of furan rings is 2. The second kappa shape index (κ2) is 8.68. The van der Waals surface area contributed by atoms with Crippen molar-refractivity contribution in [3.8, 4) is 11.4 Å². The summed E-state index contributed by atoms with van der Waals surface area (Å²) >= 11 is 0. The molecule has 0 atom stereocenters. The van der Waals surface area contributed by atoms with Gasteiger partial charge in [0.15, 0.2) is 0 Å². The minimum absolute atomic E-state index is 0.888. The van der Waals surface area contributed by atoms with Crippen LogP contribution in [0.1, 0.15) is 0 Å². The molecule has 0 bridgehead atoms. The van der Waals surface area contributed by atoms with E-state index in [-0.39, 0.29) is 0 Å². The first-order chi connectivity index (χ1) is 22.8. The van der Waals surface area contributed by atoms with E-state index in [2.05, 4.69) is 137 Å². The van der Waals surface area contributed by atoms with E-state index >= 15 is 0 Å². The lowest BCUT2D eigenvalue weighted by Gasteiger charge is -2.10. The molecule has 0 radical (unpaired) electrons. The molecule has 0 amide bonds. The third-order valence-corrected chi connectivity index (χ3v) is 9.71. The molecule has 0 spiro atoms. The summed E-state index contributed by atoms with van der Waals surface area (Å²) in [5, 5.41) is 9.25. The smallest absolute Gasteiger partial charge is 0.145 e. The van der Waals surface area contributed by atoms with Crippen molar-refractivity contribution >= 4 is 87.5 Å². The Hall–Kier alpha value is -6.26. The highest BCUT2D eigenvalue weighted by molar-refractivity contribution is 6.24. The number of para-hydroxylation sites is 4. The normalized spacial score (nSPS) is 12.3. The van der Waals surface area contributed by atoms with E-state index in [1.807, 2.05) is 18.2 Å². The molecule has 4 heteroatoms. The van der Waals surface area contributed by atoms with E-state index < -0.39 is 0 Å². The van der Waals surface area contributed by atoms with E-state index in [0.717, 1.165) is 77.1 Å². The highest BCUT2D eigenvalue weighted by Gasteiger charge is 2.21. The fourth-order valence-corrected chi connectivity index (χ4v) is 7.75. The van der Waals surface area contributed by atoms with Crippen LogP contribution in [0.4, 0.5) is 0 Å². The summed E-state index contributed by atoms with van der Waals surface area (Å²) in [6.45, 7) is 0. The van der Waals surface area contributed by atoms with Gasteiger partial charge in [0.2, 0.25) is 0 Å². The van der Waals surface area contributed by atoms with Gasteiger partial charge in [0.25, 0.3) is 0 Å². The molecule has 7 aromatic carbocycles. The highest BCUT2D eigenvalue weighted by atomic mass is 16.3. The molecule has 0 aliphatic heterocycles. The summed E-state index contributed by atoms with van der Waals surface area (Å²) in [4.78, 5) is 0. The monoisotopic (exact) mass is 588 g/mol. The number of nitrogens with zero attached hydrogens (tertiary/aromatic N) is 2. The average molecular weight is 589 g/mol. The maximum Gasteiger partial charge on any atom is 0.145 e. The molecule has 0 aliphatic carbocycles. The Morgan fingerprint density at radius 2 is 0.826 bits per heavy atom. The van der Waals surface area contributed by atoms with Crippen LogP contribution in [0.3, 0.4) is 0 Å². The van der Waals surface area contributed by atoms with Crippen molar-refractivity contribution in [2.45, 2.75) is 0 Å². The van der Waals surface area contributed by atoms with E-state index in [1.54, 1.807) is 0 Å². The Labute approximate surface area is 261 Å². The van der Waals surface area contributed by atoms with Crippen LogP contribution in [-0.4, -0.2) is 9.13 Å². The SMILES string of the molecule is c1ccc2c(c1)oc1ccc(-n3c4ccc(-n5c6ccccc6c6ccccc65)cc4c4c5oc6ccccc6c5ccc43)cc12. The van der Waals surface area contributed by atoms with Crippen LogP contribution in [0.25, 0.3) is 98.9 Å². The second-order valence-electron chi connectivity index (χ2n) is 12.1. The van der Waals surface area contributed by atoms with Crippen molar-refractivity contribution < 1.29 is 8.83 Å². The van der Waals surface area contributed by atoms with Gasteiger partial charge in [0, 0.05) is 49.1 Å². The number of rotatable bonds is 2. The molecule has 4 nitrogen and oxygen atoms in total. The molecule has 11 rings (SSSR count). The first kappa shape index (κ1) is 24.1. The third kappa shape index (κ3) is 3.07. The first-order valence-electron chi connectivity index (χ1n) is 15.6. The molecule has 214 valence electrons. The Kier molecular flexibility index (Phi) is 4.55. The maximum atomic E-state index is 6.67. The summed E-state index contributed by atoms with van der Waals surface area (Å²) in [5.41, 5.74) is 10.4. The Balaban J connectivity index is 1.28. The molecular formula is C42H24N2O2. The molecule has 0 unspecified atom stereocenters. The van der Waals surface area contributed by atoms with Gasteiger partial charge in [-0.25, -0.2) is 0 Å². The third-order valence-electron chi connectivity index (χ3n) is 9.71. The van der Waals surface area contributed by atoms with Gasteiger partial charge >= 0.3 is 0 Å². The summed E-state index contributed by atoms with van der Waals surface area (Å²) in [6.07, 6.45) is 0. The van der Waals surface area contributed by atoms with Gasteiger partial charge in [-0.1, -0.05) is 72.8 Å². The van der Waals surface area contributed by atoms with E-state index in [4.69, 9.17) is 8.83 Å². The van der Waals surface area contributed by atoms with Gasteiger partial charge in [0.05, 0.1) is 27.5 Å². The van der Waals surface area contributed by atoms with Crippen LogP contribution in [0.5, 0.6) is 0 Å². The Morgan fingerprint density at radius 3 is 1.57 bits per heavy atom. The first-order valence-corrected chi connectivity index (χ1v) is 15.6. The van der Waals surface area contributed by atoms with E-state index in [1.165, 1.54) is 21.8 Å². The zero-order valence-corrected chi connectivity index (χ0v) is 24.6. The second-order valence-corrected chi connectivity index (χ2v) is 12.1. The number of hydrogen-bond acceptors (Lipinski definition) is 2. The van der Waals surface area contributed by atoms with Crippen LogP contribution in [-0.2, 0) is 0 Å². The quantitative estimate of drug-likeness (QED) is 0.201. The van der Waals surface area contributed by atoms with Crippen molar-refractivity contribution in [3.05, 3.63) is 146 Å². The van der Waals surface area contributed by atoms with Crippen molar-refractivity contribution in [3.63, 3.8) is 0 Å². The zero-order valence-electron chi connectivity index (χ0n) is 24.6. The van der Waals surface area contributed by atoms with Crippen LogP contribution < -0.4 is 0 Å².